The minimum Gasteiger partial charge on any atom is -0.371 e. The average Bonchev–Trinajstić information content (AvgIpc) is 2.84. The van der Waals surface area contributed by atoms with Gasteiger partial charge < -0.3 is 10.2 Å². The summed E-state index contributed by atoms with van der Waals surface area (Å²) in [4.78, 5) is 19.3. The van der Waals surface area contributed by atoms with Gasteiger partial charge in [0.2, 0.25) is 10.0 Å². The summed E-state index contributed by atoms with van der Waals surface area (Å²) in [5.74, 6) is -0.135. The standard InChI is InChI=1S/C24H26N4O3S/c29-24(26-18-19-10-14-25-15-11-19)22-8-4-5-9-23(22)28-16-12-20(13-17-28)27-32(30,31)21-6-2-1-3-7-21/h1-11,14-15,20,27H,12-13,16-18H2,(H,26,29). The van der Waals surface area contributed by atoms with E-state index in [1.165, 1.54) is 0 Å². The summed E-state index contributed by atoms with van der Waals surface area (Å²) in [6.07, 6.45) is 4.73. The lowest BCUT2D eigenvalue weighted by Crippen LogP contribution is -2.45. The number of anilines is 1. The molecule has 7 nitrogen and oxygen atoms in total. The third kappa shape index (κ3) is 5.33. The van der Waals surface area contributed by atoms with E-state index in [1.807, 2.05) is 36.4 Å². The number of amides is 1. The zero-order valence-corrected chi connectivity index (χ0v) is 18.5. The molecule has 0 atom stereocenters. The number of hydrogen-bond donors (Lipinski definition) is 2. The van der Waals surface area contributed by atoms with Crippen LogP contribution in [0.5, 0.6) is 0 Å². The maximum Gasteiger partial charge on any atom is 0.253 e. The summed E-state index contributed by atoms with van der Waals surface area (Å²) < 4.78 is 28.0. The van der Waals surface area contributed by atoms with Crippen molar-refractivity contribution in [3.63, 3.8) is 0 Å². The maximum absolute atomic E-state index is 12.8. The number of nitrogens with zero attached hydrogens (tertiary/aromatic N) is 2. The van der Waals surface area contributed by atoms with E-state index in [-0.39, 0.29) is 16.8 Å². The van der Waals surface area contributed by atoms with Crippen LogP contribution in [-0.2, 0) is 16.6 Å². The van der Waals surface area contributed by atoms with Crippen LogP contribution in [0.25, 0.3) is 0 Å². The van der Waals surface area contributed by atoms with Crippen LogP contribution >= 0.6 is 0 Å². The quantitative estimate of drug-likeness (QED) is 0.578. The second-order valence-electron chi connectivity index (χ2n) is 7.75. The van der Waals surface area contributed by atoms with Crippen molar-refractivity contribution in [2.75, 3.05) is 18.0 Å². The normalized spacial score (nSPS) is 14.8. The number of piperidine rings is 1. The predicted octanol–water partition coefficient (Wildman–Crippen LogP) is 2.96. The molecule has 1 amide bonds. The number of rotatable bonds is 7. The minimum atomic E-state index is -3.53. The molecule has 0 unspecified atom stereocenters. The Kier molecular flexibility index (Phi) is 6.82. The Bertz CT molecular complexity index is 1150. The van der Waals surface area contributed by atoms with Crippen molar-refractivity contribution in [1.82, 2.24) is 15.0 Å². The van der Waals surface area contributed by atoms with Crippen molar-refractivity contribution in [2.24, 2.45) is 0 Å². The number of sulfonamides is 1. The van der Waals surface area contributed by atoms with Crippen molar-refractivity contribution in [1.29, 1.82) is 0 Å². The van der Waals surface area contributed by atoms with Crippen molar-refractivity contribution in [2.45, 2.75) is 30.3 Å². The third-order valence-corrected chi connectivity index (χ3v) is 7.10. The third-order valence-electron chi connectivity index (χ3n) is 5.56. The molecule has 0 bridgehead atoms. The molecule has 2 N–H and O–H groups in total. The van der Waals surface area contributed by atoms with Gasteiger partial charge in [0.15, 0.2) is 0 Å². The van der Waals surface area contributed by atoms with Crippen molar-refractivity contribution < 1.29 is 13.2 Å². The highest BCUT2D eigenvalue weighted by Crippen LogP contribution is 2.25. The zero-order valence-electron chi connectivity index (χ0n) is 17.6. The fourth-order valence-corrected chi connectivity index (χ4v) is 5.17. The first-order valence-electron chi connectivity index (χ1n) is 10.6. The lowest BCUT2D eigenvalue weighted by Gasteiger charge is -2.34. The Balaban J connectivity index is 1.38. The van der Waals surface area contributed by atoms with Gasteiger partial charge in [-0.15, -0.1) is 0 Å². The summed E-state index contributed by atoms with van der Waals surface area (Å²) in [6.45, 7) is 1.76. The molecule has 166 valence electrons. The molecule has 0 aliphatic carbocycles. The summed E-state index contributed by atoms with van der Waals surface area (Å²) in [7, 11) is -3.53. The molecule has 1 aliphatic rings. The molecule has 1 fully saturated rings. The Morgan fingerprint density at radius 2 is 1.59 bits per heavy atom. The second kappa shape index (κ2) is 9.93. The summed E-state index contributed by atoms with van der Waals surface area (Å²) in [5, 5.41) is 2.97. The molecule has 2 aromatic carbocycles. The van der Waals surface area contributed by atoms with Gasteiger partial charge in [-0.25, -0.2) is 13.1 Å². The lowest BCUT2D eigenvalue weighted by atomic mass is 10.0. The predicted molar refractivity (Wildman–Crippen MR) is 124 cm³/mol. The summed E-state index contributed by atoms with van der Waals surface area (Å²) in [6, 6.07) is 19.5. The molecule has 4 rings (SSSR count). The molecular weight excluding hydrogens is 424 g/mol. The van der Waals surface area contributed by atoms with Crippen molar-refractivity contribution >= 4 is 21.6 Å². The largest absolute Gasteiger partial charge is 0.371 e. The number of benzene rings is 2. The molecule has 32 heavy (non-hydrogen) atoms. The molecule has 0 spiro atoms. The average molecular weight is 451 g/mol. The van der Waals surface area contributed by atoms with E-state index < -0.39 is 10.0 Å². The number of carbonyl (C=O) groups is 1. The highest BCUT2D eigenvalue weighted by molar-refractivity contribution is 7.89. The SMILES string of the molecule is O=C(NCc1ccncc1)c1ccccc1N1CCC(NS(=O)(=O)c2ccccc2)CC1. The van der Waals surface area contributed by atoms with Crippen LogP contribution in [-0.4, -0.2) is 38.4 Å². The van der Waals surface area contributed by atoms with Crippen molar-refractivity contribution in [3.05, 3.63) is 90.3 Å². The van der Waals surface area contributed by atoms with E-state index in [0.29, 0.717) is 38.0 Å². The number of pyridine rings is 1. The van der Waals surface area contributed by atoms with Gasteiger partial charge in [0.05, 0.1) is 10.5 Å². The van der Waals surface area contributed by atoms with E-state index in [2.05, 4.69) is 19.9 Å². The van der Waals surface area contributed by atoms with Gasteiger partial charge in [0.1, 0.15) is 0 Å². The smallest absolute Gasteiger partial charge is 0.253 e. The Labute approximate surface area is 188 Å². The van der Waals surface area contributed by atoms with Gasteiger partial charge in [-0.2, -0.15) is 0 Å². The zero-order chi connectivity index (χ0) is 22.4. The molecule has 0 saturated carbocycles. The van der Waals surface area contributed by atoms with Crippen LogP contribution in [0.3, 0.4) is 0 Å². The first kappa shape index (κ1) is 22.0. The molecule has 2 heterocycles. The fourth-order valence-electron chi connectivity index (χ4n) is 3.84. The number of hydrogen-bond acceptors (Lipinski definition) is 5. The van der Waals surface area contributed by atoms with E-state index >= 15 is 0 Å². The van der Waals surface area contributed by atoms with Gasteiger partial charge >= 0.3 is 0 Å². The van der Waals surface area contributed by atoms with Crippen molar-refractivity contribution in [3.8, 4) is 0 Å². The maximum atomic E-state index is 12.8. The molecule has 0 radical (unpaired) electrons. The molecule has 1 saturated heterocycles. The van der Waals surface area contributed by atoms with Crippen LogP contribution in [0.4, 0.5) is 5.69 Å². The molecule has 3 aromatic rings. The Morgan fingerprint density at radius 1 is 0.938 bits per heavy atom. The highest BCUT2D eigenvalue weighted by atomic mass is 32.2. The lowest BCUT2D eigenvalue weighted by molar-refractivity contribution is 0.0951. The van der Waals surface area contributed by atoms with Crippen LogP contribution in [0, 0.1) is 0 Å². The van der Waals surface area contributed by atoms with Gasteiger partial charge in [-0.1, -0.05) is 30.3 Å². The van der Waals surface area contributed by atoms with E-state index in [1.54, 1.807) is 42.7 Å². The Hall–Kier alpha value is -3.23. The topological polar surface area (TPSA) is 91.4 Å². The first-order chi connectivity index (χ1) is 15.5. The Morgan fingerprint density at radius 3 is 2.31 bits per heavy atom. The summed E-state index contributed by atoms with van der Waals surface area (Å²) >= 11 is 0. The number of aromatic nitrogens is 1. The van der Waals surface area contributed by atoms with Crippen LogP contribution < -0.4 is 14.9 Å². The minimum absolute atomic E-state index is 0.135. The fraction of sp³-hybridized carbons (Fsp3) is 0.250. The van der Waals surface area contributed by atoms with E-state index in [4.69, 9.17) is 0 Å². The first-order valence-corrected chi connectivity index (χ1v) is 12.1. The van der Waals surface area contributed by atoms with Gasteiger partial charge in [0, 0.05) is 43.8 Å². The molecule has 1 aliphatic heterocycles. The van der Waals surface area contributed by atoms with Crippen LogP contribution in [0.2, 0.25) is 0 Å². The second-order valence-corrected chi connectivity index (χ2v) is 9.46. The van der Waals surface area contributed by atoms with Crippen LogP contribution in [0.1, 0.15) is 28.8 Å². The van der Waals surface area contributed by atoms with Gasteiger partial charge in [-0.3, -0.25) is 9.78 Å². The van der Waals surface area contributed by atoms with Gasteiger partial charge in [0.25, 0.3) is 5.91 Å². The number of nitrogens with one attached hydrogen (secondary N) is 2. The van der Waals surface area contributed by atoms with E-state index in [9.17, 15) is 13.2 Å². The van der Waals surface area contributed by atoms with Crippen LogP contribution in [0.15, 0.2) is 84.0 Å². The van der Waals surface area contributed by atoms with Gasteiger partial charge in [-0.05, 0) is 54.8 Å². The monoisotopic (exact) mass is 450 g/mol. The van der Waals surface area contributed by atoms with E-state index in [0.717, 1.165) is 11.3 Å². The highest BCUT2D eigenvalue weighted by Gasteiger charge is 2.26. The molecule has 8 heteroatoms. The number of carbonyl (C=O) groups excluding carboxylic acids is 1. The molecule has 1 aromatic heterocycles. The summed E-state index contributed by atoms with van der Waals surface area (Å²) in [5.41, 5.74) is 2.46. The molecular formula is C24H26N4O3S. The number of para-hydroxylation sites is 1.